The first-order valence-electron chi connectivity index (χ1n) is 12.6. The second kappa shape index (κ2) is 11.9. The van der Waals surface area contributed by atoms with Crippen LogP contribution in [0.3, 0.4) is 0 Å². The highest BCUT2D eigenvalue weighted by Gasteiger charge is 2.37. The van der Waals surface area contributed by atoms with E-state index in [0.29, 0.717) is 18.4 Å². The van der Waals surface area contributed by atoms with Crippen molar-refractivity contribution in [2.24, 2.45) is 5.92 Å². The number of carbonyl (C=O) groups is 3. The Morgan fingerprint density at radius 1 is 1.14 bits per heavy atom. The highest BCUT2D eigenvalue weighted by Crippen LogP contribution is 2.27. The van der Waals surface area contributed by atoms with Crippen molar-refractivity contribution >= 4 is 27.6 Å². The van der Waals surface area contributed by atoms with Crippen molar-refractivity contribution in [3.05, 3.63) is 53.8 Å². The quantitative estimate of drug-likeness (QED) is 0.386. The molecule has 12 heteroatoms. The molecule has 2 N–H and O–H groups in total. The van der Waals surface area contributed by atoms with E-state index in [1.165, 1.54) is 36.8 Å². The van der Waals surface area contributed by atoms with E-state index in [1.807, 2.05) is 0 Å². The van der Waals surface area contributed by atoms with Crippen LogP contribution in [0.5, 0.6) is 0 Å². The van der Waals surface area contributed by atoms with Crippen molar-refractivity contribution < 1.29 is 31.9 Å². The molecule has 2 fully saturated rings. The Hall–Kier alpha value is -3.25. The molecular formula is C25H32N4O7S. The maximum absolute atomic E-state index is 13.3. The standard InChI is InChI=1S/C25H32N4O7S/c30-22-16-28(37(34,35)23-10-4-5-13-29(23)33)12-6-9-20(22)26-25(32)21(15-18-7-2-1-3-8-18)27-24(31)19-11-14-36-17-19/h4-5,10-11,13-14,17-18,20-21H,1-3,6-9,12,15-16H2,(H,26,32)(H,27,31)/t20?,21-/m0/s1. The van der Waals surface area contributed by atoms with Crippen LogP contribution in [0.15, 0.2) is 52.4 Å². The third kappa shape index (κ3) is 6.55. The summed E-state index contributed by atoms with van der Waals surface area (Å²) in [5.41, 5.74) is 0.296. The number of rotatable bonds is 8. The van der Waals surface area contributed by atoms with E-state index in [-0.39, 0.29) is 23.6 Å². The summed E-state index contributed by atoms with van der Waals surface area (Å²) in [5, 5.41) is 17.1. The average molecular weight is 533 g/mol. The lowest BCUT2D eigenvalue weighted by molar-refractivity contribution is -0.646. The predicted octanol–water partition coefficient (Wildman–Crippen LogP) is 1.52. The third-order valence-corrected chi connectivity index (χ3v) is 8.87. The molecule has 2 aliphatic rings. The van der Waals surface area contributed by atoms with Gasteiger partial charge in [-0.3, -0.25) is 14.4 Å². The van der Waals surface area contributed by atoms with Crippen LogP contribution < -0.4 is 15.4 Å². The number of furan rings is 1. The molecule has 1 saturated heterocycles. The number of hydrogen-bond donors (Lipinski definition) is 2. The molecule has 37 heavy (non-hydrogen) atoms. The Morgan fingerprint density at radius 3 is 2.62 bits per heavy atom. The van der Waals surface area contributed by atoms with Crippen LogP contribution >= 0.6 is 0 Å². The number of amides is 2. The average Bonchev–Trinajstić information content (AvgIpc) is 3.36. The molecule has 0 aromatic carbocycles. The van der Waals surface area contributed by atoms with Crippen molar-refractivity contribution in [3.8, 4) is 0 Å². The first-order valence-corrected chi connectivity index (χ1v) is 14.0. The van der Waals surface area contributed by atoms with E-state index in [1.54, 1.807) is 0 Å². The van der Waals surface area contributed by atoms with E-state index in [9.17, 15) is 28.0 Å². The summed E-state index contributed by atoms with van der Waals surface area (Å²) >= 11 is 0. The van der Waals surface area contributed by atoms with E-state index in [4.69, 9.17) is 4.42 Å². The Kier molecular flexibility index (Phi) is 8.59. The van der Waals surface area contributed by atoms with Gasteiger partial charge in [0.05, 0.1) is 24.4 Å². The molecule has 0 radical (unpaired) electrons. The molecule has 0 spiro atoms. The van der Waals surface area contributed by atoms with Gasteiger partial charge < -0.3 is 20.3 Å². The molecule has 1 saturated carbocycles. The van der Waals surface area contributed by atoms with Gasteiger partial charge in [0.25, 0.3) is 5.91 Å². The topological polar surface area (TPSA) is 153 Å². The van der Waals surface area contributed by atoms with Crippen molar-refractivity contribution in [1.29, 1.82) is 0 Å². The van der Waals surface area contributed by atoms with Crippen LogP contribution in [0.1, 0.15) is 61.7 Å². The first kappa shape index (κ1) is 26.8. The maximum Gasteiger partial charge on any atom is 0.323 e. The minimum atomic E-state index is -4.19. The molecule has 1 aliphatic carbocycles. The lowest BCUT2D eigenvalue weighted by Gasteiger charge is -2.27. The van der Waals surface area contributed by atoms with Gasteiger partial charge in [-0.2, -0.15) is 9.04 Å². The smallest absolute Gasteiger partial charge is 0.323 e. The molecular weight excluding hydrogens is 500 g/mol. The number of pyridine rings is 1. The van der Waals surface area contributed by atoms with Gasteiger partial charge in [0.1, 0.15) is 12.3 Å². The van der Waals surface area contributed by atoms with Gasteiger partial charge in [-0.25, -0.2) is 8.42 Å². The fourth-order valence-electron chi connectivity index (χ4n) is 4.99. The number of hydrogen-bond acceptors (Lipinski definition) is 7. The number of Topliss-reactive ketones (excluding diaryl/α,β-unsaturated/α-hetero) is 1. The number of ketones is 1. The molecule has 2 atom stereocenters. The molecule has 11 nitrogen and oxygen atoms in total. The minimum Gasteiger partial charge on any atom is -0.618 e. The zero-order chi connectivity index (χ0) is 26.4. The van der Waals surface area contributed by atoms with Gasteiger partial charge in [-0.1, -0.05) is 32.1 Å². The number of aromatic nitrogens is 1. The van der Waals surface area contributed by atoms with Gasteiger partial charge in [0.2, 0.25) is 5.91 Å². The summed E-state index contributed by atoms with van der Waals surface area (Å²) in [7, 11) is -4.19. The lowest BCUT2D eigenvalue weighted by atomic mass is 9.84. The molecule has 2 amide bonds. The molecule has 200 valence electrons. The fraction of sp³-hybridized carbons (Fsp3) is 0.520. The van der Waals surface area contributed by atoms with Crippen LogP contribution in [0, 0.1) is 11.1 Å². The summed E-state index contributed by atoms with van der Waals surface area (Å²) < 4.78 is 32.2. The first-order chi connectivity index (χ1) is 17.8. The molecule has 1 unspecified atom stereocenters. The summed E-state index contributed by atoms with van der Waals surface area (Å²) in [6.07, 6.45) is 10.0. The third-order valence-electron chi connectivity index (χ3n) is 7.03. The van der Waals surface area contributed by atoms with E-state index in [0.717, 1.165) is 42.6 Å². The molecule has 1 aliphatic heterocycles. The van der Waals surface area contributed by atoms with Crippen LogP contribution in [0.2, 0.25) is 0 Å². The SMILES string of the molecule is O=C(N[C@@H](CC1CCCCC1)C(=O)NC1CCCN(S(=O)(=O)c2cccc[n+]2[O-])CC1=O)c1ccoc1. The summed E-state index contributed by atoms with van der Waals surface area (Å²) in [6.45, 7) is -0.422. The predicted molar refractivity (Wildman–Crippen MR) is 131 cm³/mol. The highest BCUT2D eigenvalue weighted by molar-refractivity contribution is 7.89. The number of carbonyl (C=O) groups excluding carboxylic acids is 3. The van der Waals surface area contributed by atoms with Gasteiger partial charge in [0.15, 0.2) is 12.0 Å². The highest BCUT2D eigenvalue weighted by atomic mass is 32.2. The Labute approximate surface area is 215 Å². The monoisotopic (exact) mass is 532 g/mol. The van der Waals surface area contributed by atoms with Gasteiger partial charge in [0, 0.05) is 18.7 Å². The van der Waals surface area contributed by atoms with Gasteiger partial charge in [-0.05, 0) is 37.3 Å². The van der Waals surface area contributed by atoms with Crippen molar-refractivity contribution in [3.63, 3.8) is 0 Å². The Bertz CT molecular complexity index is 1210. The zero-order valence-corrected chi connectivity index (χ0v) is 21.3. The molecule has 4 rings (SSSR count). The Morgan fingerprint density at radius 2 is 1.92 bits per heavy atom. The second-order valence-corrected chi connectivity index (χ2v) is 11.5. The lowest BCUT2D eigenvalue weighted by Crippen LogP contribution is -2.53. The number of nitrogens with zero attached hydrogens (tertiary/aromatic N) is 2. The molecule has 3 heterocycles. The van der Waals surface area contributed by atoms with Crippen molar-refractivity contribution in [2.45, 2.75) is 68.5 Å². The minimum absolute atomic E-state index is 0.0397. The zero-order valence-electron chi connectivity index (χ0n) is 20.5. The Balaban J connectivity index is 1.44. The van der Waals surface area contributed by atoms with E-state index >= 15 is 0 Å². The van der Waals surface area contributed by atoms with Crippen LogP contribution in [-0.4, -0.2) is 55.5 Å². The number of sulfonamides is 1. The van der Waals surface area contributed by atoms with Crippen molar-refractivity contribution in [2.75, 3.05) is 13.1 Å². The maximum atomic E-state index is 13.3. The van der Waals surface area contributed by atoms with E-state index in [2.05, 4.69) is 10.6 Å². The molecule has 0 bridgehead atoms. The summed E-state index contributed by atoms with van der Waals surface area (Å²) in [6, 6.07) is 3.81. The summed E-state index contributed by atoms with van der Waals surface area (Å²) in [4.78, 5) is 39.0. The molecule has 2 aromatic heterocycles. The van der Waals surface area contributed by atoms with Crippen LogP contribution in [-0.2, 0) is 19.6 Å². The second-order valence-electron chi connectivity index (χ2n) is 9.65. The van der Waals surface area contributed by atoms with E-state index < -0.39 is 51.3 Å². The largest absolute Gasteiger partial charge is 0.618 e. The van der Waals surface area contributed by atoms with Crippen LogP contribution in [0.25, 0.3) is 0 Å². The summed E-state index contributed by atoms with van der Waals surface area (Å²) in [5.74, 6) is -1.11. The van der Waals surface area contributed by atoms with Crippen molar-refractivity contribution in [1.82, 2.24) is 14.9 Å². The van der Waals surface area contributed by atoms with Crippen LogP contribution in [0.4, 0.5) is 0 Å². The van der Waals surface area contributed by atoms with Gasteiger partial charge in [-0.15, -0.1) is 0 Å². The molecule has 2 aromatic rings. The number of nitrogens with one attached hydrogen (secondary N) is 2. The normalized spacial score (nSPS) is 20.6. The van der Waals surface area contributed by atoms with Gasteiger partial charge >= 0.3 is 15.0 Å². The fourth-order valence-corrected chi connectivity index (χ4v) is 6.46.